The maximum absolute atomic E-state index is 3.78. The van der Waals surface area contributed by atoms with Crippen LogP contribution in [0.4, 0.5) is 0 Å². The van der Waals surface area contributed by atoms with E-state index < -0.39 is 0 Å². The molecule has 0 N–H and O–H groups in total. The molecule has 23 heavy (non-hydrogen) atoms. The Hall–Kier alpha value is -0.890. The first kappa shape index (κ1) is 22.1. The predicted octanol–water partition coefficient (Wildman–Crippen LogP) is 6.09. The van der Waals surface area contributed by atoms with Gasteiger partial charge in [-0.1, -0.05) is 59.4 Å². The van der Waals surface area contributed by atoms with Crippen LogP contribution in [-0.4, -0.2) is 35.6 Å². The van der Waals surface area contributed by atoms with E-state index in [0.29, 0.717) is 0 Å². The highest BCUT2D eigenvalue weighted by Crippen LogP contribution is 2.16. The van der Waals surface area contributed by atoms with Gasteiger partial charge in [0.2, 0.25) is 0 Å². The van der Waals surface area contributed by atoms with Gasteiger partial charge >= 0.3 is 0 Å². The van der Waals surface area contributed by atoms with Crippen molar-refractivity contribution >= 4 is 0 Å². The quantitative estimate of drug-likeness (QED) is 0.425. The van der Waals surface area contributed by atoms with Crippen LogP contribution in [0.1, 0.15) is 79.1 Å². The molecule has 0 spiro atoms. The summed E-state index contributed by atoms with van der Waals surface area (Å²) in [6, 6.07) is 5.72. The first-order chi connectivity index (χ1) is 11.2. The second kappa shape index (κ2) is 16.0. The lowest BCUT2D eigenvalue weighted by molar-refractivity contribution is -0.929. The minimum Gasteiger partial charge on any atom is -0.324 e. The second-order valence-corrected chi connectivity index (χ2v) is 6.67. The lowest BCUT2D eigenvalue weighted by Gasteiger charge is -2.39. The summed E-state index contributed by atoms with van der Waals surface area (Å²) in [6.45, 7) is 15.0. The van der Waals surface area contributed by atoms with E-state index in [9.17, 15) is 0 Å². The topological polar surface area (TPSA) is 12.9 Å². The van der Waals surface area contributed by atoms with Crippen molar-refractivity contribution in [3.05, 3.63) is 30.6 Å². The van der Waals surface area contributed by atoms with Crippen molar-refractivity contribution < 1.29 is 4.48 Å². The summed E-state index contributed by atoms with van der Waals surface area (Å²) in [7, 11) is 0. The Morgan fingerprint density at radius 2 is 0.913 bits per heavy atom. The molecule has 1 heterocycles. The Bertz CT molecular complexity index is 260. The monoisotopic (exact) mass is 321 g/mol. The van der Waals surface area contributed by atoms with Gasteiger partial charge in [0.05, 0.1) is 26.2 Å². The molecular weight excluding hydrogens is 280 g/mol. The average Bonchev–Trinajstić information content (AvgIpc) is 2.62. The van der Waals surface area contributed by atoms with Crippen LogP contribution >= 0.6 is 0 Å². The van der Waals surface area contributed by atoms with Gasteiger partial charge in [-0.15, -0.1) is 0 Å². The molecule has 0 saturated carbocycles. The highest BCUT2D eigenvalue weighted by Gasteiger charge is 2.24. The number of rotatable bonds is 12. The van der Waals surface area contributed by atoms with E-state index in [4.69, 9.17) is 0 Å². The summed E-state index contributed by atoms with van der Waals surface area (Å²) in [5.74, 6) is 0. The van der Waals surface area contributed by atoms with Gasteiger partial charge in [-0.05, 0) is 37.8 Å². The van der Waals surface area contributed by atoms with Gasteiger partial charge < -0.3 is 4.48 Å². The molecule has 0 aliphatic rings. The molecule has 0 unspecified atom stereocenters. The van der Waals surface area contributed by atoms with Gasteiger partial charge in [-0.25, -0.2) is 0 Å². The Labute approximate surface area is 145 Å². The van der Waals surface area contributed by atoms with Gasteiger partial charge in [0, 0.05) is 12.4 Å². The molecule has 0 saturated heterocycles. The van der Waals surface area contributed by atoms with Gasteiger partial charge in [0.1, 0.15) is 0 Å². The third-order valence-electron chi connectivity index (χ3n) is 4.51. The van der Waals surface area contributed by atoms with Crippen LogP contribution in [0.15, 0.2) is 30.6 Å². The minimum atomic E-state index is 1.35. The number of hydrogen-bond acceptors (Lipinski definition) is 1. The maximum Gasteiger partial charge on any atom is 0.0786 e. The maximum atomic E-state index is 3.78. The zero-order chi connectivity index (χ0) is 17.2. The van der Waals surface area contributed by atoms with E-state index in [1.54, 1.807) is 12.4 Å². The molecule has 0 aromatic carbocycles. The number of unbranched alkanes of at least 4 members (excludes halogenated alkanes) is 4. The number of nitrogens with zero attached hydrogens (tertiary/aromatic N) is 2. The van der Waals surface area contributed by atoms with E-state index >= 15 is 0 Å². The lowest BCUT2D eigenvalue weighted by Crippen LogP contribution is -2.50. The predicted molar refractivity (Wildman–Crippen MR) is 104 cm³/mol. The fourth-order valence-corrected chi connectivity index (χ4v) is 2.96. The molecule has 0 atom stereocenters. The third kappa shape index (κ3) is 12.2. The fourth-order valence-electron chi connectivity index (χ4n) is 2.96. The third-order valence-corrected chi connectivity index (χ3v) is 4.51. The number of aromatic nitrogens is 1. The van der Waals surface area contributed by atoms with Crippen LogP contribution in [0.3, 0.4) is 0 Å². The molecule has 0 bridgehead atoms. The van der Waals surface area contributed by atoms with Crippen molar-refractivity contribution in [1.82, 2.24) is 4.98 Å². The van der Waals surface area contributed by atoms with Gasteiger partial charge in [0.15, 0.2) is 0 Å². The van der Waals surface area contributed by atoms with Crippen molar-refractivity contribution in [2.24, 2.45) is 0 Å². The Morgan fingerprint density at radius 3 is 1.09 bits per heavy atom. The molecule has 2 nitrogen and oxygen atoms in total. The fraction of sp³-hybridized carbons (Fsp3) is 0.762. The molecule has 0 radical (unpaired) electrons. The highest BCUT2D eigenvalue weighted by atomic mass is 15.3. The average molecular weight is 322 g/mol. The van der Waals surface area contributed by atoms with Gasteiger partial charge in [-0.2, -0.15) is 0 Å². The summed E-state index contributed by atoms with van der Waals surface area (Å²) in [5.41, 5.74) is 0. The number of pyridine rings is 1. The summed E-state index contributed by atoms with van der Waals surface area (Å²) in [5, 5.41) is 0. The van der Waals surface area contributed by atoms with Gasteiger partial charge in [0.25, 0.3) is 0 Å². The largest absolute Gasteiger partial charge is 0.324 e. The summed E-state index contributed by atoms with van der Waals surface area (Å²) < 4.78 is 1.42. The Kier molecular flexibility index (Phi) is 15.4. The summed E-state index contributed by atoms with van der Waals surface area (Å²) in [6.07, 6.45) is 14.6. The zero-order valence-electron chi connectivity index (χ0n) is 16.3. The molecule has 0 amide bonds. The van der Waals surface area contributed by atoms with Crippen molar-refractivity contribution in [1.29, 1.82) is 0 Å². The van der Waals surface area contributed by atoms with Crippen molar-refractivity contribution in [2.45, 2.75) is 79.1 Å². The summed E-state index contributed by atoms with van der Waals surface area (Å²) in [4.78, 5) is 3.78. The van der Waals surface area contributed by atoms with E-state index in [-0.39, 0.29) is 0 Å². The Balaban J connectivity index is 0.000000664. The van der Waals surface area contributed by atoms with Crippen LogP contribution in [0.2, 0.25) is 0 Å². The first-order valence-corrected chi connectivity index (χ1v) is 9.94. The standard InChI is InChI=1S/C16H36N.C5H5N/c1-5-9-13-17(14-10-6-2,15-11-7-3)16-12-8-4;1-2-4-6-5-3-1/h5-16H2,1-4H3;1-5H/q+1;. The molecule has 0 aliphatic heterocycles. The second-order valence-electron chi connectivity index (χ2n) is 6.67. The molecule has 0 aliphatic carbocycles. The molecule has 1 aromatic heterocycles. The molecule has 134 valence electrons. The van der Waals surface area contributed by atoms with E-state index in [1.807, 2.05) is 18.2 Å². The number of quaternary nitrogens is 1. The molecule has 1 aromatic rings. The van der Waals surface area contributed by atoms with Gasteiger partial charge in [-0.3, -0.25) is 4.98 Å². The van der Waals surface area contributed by atoms with Crippen molar-refractivity contribution in [3.63, 3.8) is 0 Å². The SMILES string of the molecule is CCCC[N+](CCCC)(CCCC)CCCC.c1ccncc1. The van der Waals surface area contributed by atoms with Crippen LogP contribution in [0.25, 0.3) is 0 Å². The van der Waals surface area contributed by atoms with Crippen molar-refractivity contribution in [3.8, 4) is 0 Å². The lowest BCUT2D eigenvalue weighted by atomic mass is 10.1. The smallest absolute Gasteiger partial charge is 0.0786 e. The van der Waals surface area contributed by atoms with E-state index in [2.05, 4.69) is 32.7 Å². The Morgan fingerprint density at radius 1 is 0.565 bits per heavy atom. The first-order valence-electron chi connectivity index (χ1n) is 9.94. The highest BCUT2D eigenvalue weighted by molar-refractivity contribution is 4.88. The molecule has 1 rings (SSSR count). The van der Waals surface area contributed by atoms with Crippen LogP contribution in [0, 0.1) is 0 Å². The molecule has 2 heteroatoms. The molecule has 0 fully saturated rings. The van der Waals surface area contributed by atoms with Crippen molar-refractivity contribution in [2.75, 3.05) is 26.2 Å². The molecular formula is C21H41N2+. The number of hydrogen-bond donors (Lipinski definition) is 0. The van der Waals surface area contributed by atoms with E-state index in [0.717, 1.165) is 0 Å². The van der Waals surface area contributed by atoms with Crippen LogP contribution in [-0.2, 0) is 0 Å². The van der Waals surface area contributed by atoms with Crippen LogP contribution < -0.4 is 0 Å². The summed E-state index contributed by atoms with van der Waals surface area (Å²) >= 11 is 0. The van der Waals surface area contributed by atoms with Crippen LogP contribution in [0.5, 0.6) is 0 Å². The minimum absolute atomic E-state index is 1.35. The zero-order valence-corrected chi connectivity index (χ0v) is 16.3. The normalized spacial score (nSPS) is 11.0. The van der Waals surface area contributed by atoms with E-state index in [1.165, 1.54) is 82.0 Å².